The summed E-state index contributed by atoms with van der Waals surface area (Å²) >= 11 is 0. The summed E-state index contributed by atoms with van der Waals surface area (Å²) in [6.45, 7) is 10.8. The average Bonchev–Trinajstić information content (AvgIpc) is 2.66. The Morgan fingerprint density at radius 1 is 0.586 bits per heavy atom. The largest absolute Gasteiger partial charge is 0.376 e. The lowest BCUT2D eigenvalue weighted by molar-refractivity contribution is -0.510. The molecule has 0 aliphatic heterocycles. The van der Waals surface area contributed by atoms with Crippen molar-refractivity contribution in [2.24, 2.45) is 0 Å². The van der Waals surface area contributed by atoms with Crippen LogP contribution in [0.5, 0.6) is 0 Å². The van der Waals surface area contributed by atoms with Crippen LogP contribution in [0.4, 0.5) is 0 Å². The fourth-order valence-electron chi connectivity index (χ4n) is 1.56. The minimum absolute atomic E-state index is 0.412. The molecular weight excluding hydrogens is 376 g/mol. The van der Waals surface area contributed by atoms with E-state index in [4.69, 9.17) is 9.78 Å². The van der Waals surface area contributed by atoms with Gasteiger partial charge in [0.2, 0.25) is 0 Å². The van der Waals surface area contributed by atoms with Crippen molar-refractivity contribution in [2.45, 2.75) is 52.7 Å². The smallest absolute Gasteiger partial charge is 0.292 e. The molecule has 0 aromatic heterocycles. The summed E-state index contributed by atoms with van der Waals surface area (Å²) in [7, 11) is 0. The van der Waals surface area contributed by atoms with E-state index >= 15 is 0 Å². The van der Waals surface area contributed by atoms with Crippen LogP contribution in [-0.4, -0.2) is 23.1 Å². The van der Waals surface area contributed by atoms with Crippen molar-refractivity contribution in [3.63, 3.8) is 0 Å². The van der Waals surface area contributed by atoms with Gasteiger partial charge in [0.1, 0.15) is 5.60 Å². The number of hydrogen-bond acceptors (Lipinski definition) is 7. The summed E-state index contributed by atoms with van der Waals surface area (Å²) in [5.41, 5.74) is -0.103. The zero-order chi connectivity index (χ0) is 21.9. The fraction of sp³-hybridized carbons (Fsp3) is 0.364. The Bertz CT molecular complexity index is 744. The first-order valence-electron chi connectivity index (χ1n) is 9.05. The highest BCUT2D eigenvalue weighted by Crippen LogP contribution is 2.10. The Balaban J connectivity index is 0.000000291. The van der Waals surface area contributed by atoms with Crippen LogP contribution in [0.2, 0.25) is 0 Å². The molecule has 7 nitrogen and oxygen atoms in total. The second kappa shape index (κ2) is 11.3. The monoisotopic (exact) mass is 404 g/mol. The van der Waals surface area contributed by atoms with Gasteiger partial charge in [-0.1, -0.05) is 36.4 Å². The number of hydrogen-bond donors (Lipinski definition) is 0. The maximum Gasteiger partial charge on any atom is 0.376 e. The molecule has 0 unspecified atom stereocenters. The Hall–Kier alpha value is -2.74. The lowest BCUT2D eigenvalue weighted by Gasteiger charge is -2.16. The second-order valence-electron chi connectivity index (χ2n) is 7.93. The third-order valence-corrected chi connectivity index (χ3v) is 2.78. The minimum atomic E-state index is -0.583. The van der Waals surface area contributed by atoms with Crippen molar-refractivity contribution in [1.82, 2.24) is 0 Å². The minimum Gasteiger partial charge on any atom is -0.292 e. The Kier molecular flexibility index (Phi) is 9.47. The SMILES string of the molecule is CC(C)(C)OOC(=O)c1ccccc1.CC(C)(C)OOOC(=O)c1ccccc1. The van der Waals surface area contributed by atoms with Crippen LogP contribution < -0.4 is 0 Å². The summed E-state index contributed by atoms with van der Waals surface area (Å²) in [6, 6.07) is 17.3. The summed E-state index contributed by atoms with van der Waals surface area (Å²) in [5, 5.41) is 4.36. The van der Waals surface area contributed by atoms with Crippen LogP contribution in [0.1, 0.15) is 62.3 Å². The van der Waals surface area contributed by atoms with Crippen molar-refractivity contribution in [2.75, 3.05) is 0 Å². The summed E-state index contributed by atoms with van der Waals surface area (Å²) in [4.78, 5) is 41.4. The van der Waals surface area contributed by atoms with E-state index in [1.54, 1.807) is 69.3 Å². The van der Waals surface area contributed by atoms with Crippen LogP contribution in [0.3, 0.4) is 0 Å². The fourth-order valence-corrected chi connectivity index (χ4v) is 1.56. The molecule has 2 rings (SSSR count). The van der Waals surface area contributed by atoms with Crippen LogP contribution in [-0.2, 0) is 24.6 Å². The molecule has 0 aliphatic rings. The summed E-state index contributed by atoms with van der Waals surface area (Å²) < 4.78 is 0. The molecule has 2 aromatic rings. The number of benzene rings is 2. The van der Waals surface area contributed by atoms with Gasteiger partial charge in [0.25, 0.3) is 0 Å². The van der Waals surface area contributed by atoms with E-state index in [9.17, 15) is 9.59 Å². The number of carbonyl (C=O) groups is 2. The van der Waals surface area contributed by atoms with Crippen LogP contribution in [0.15, 0.2) is 60.7 Å². The third kappa shape index (κ3) is 11.6. The van der Waals surface area contributed by atoms with Crippen LogP contribution in [0.25, 0.3) is 0 Å². The van der Waals surface area contributed by atoms with Gasteiger partial charge in [0.05, 0.1) is 16.7 Å². The van der Waals surface area contributed by atoms with E-state index in [0.29, 0.717) is 11.1 Å². The van der Waals surface area contributed by atoms with E-state index in [1.165, 1.54) is 0 Å². The molecule has 29 heavy (non-hydrogen) atoms. The van der Waals surface area contributed by atoms with Crippen molar-refractivity contribution in [1.29, 1.82) is 0 Å². The molecule has 0 radical (unpaired) electrons. The zero-order valence-electron chi connectivity index (χ0n) is 17.6. The number of carbonyl (C=O) groups excluding carboxylic acids is 2. The van der Waals surface area contributed by atoms with Crippen molar-refractivity contribution >= 4 is 11.9 Å². The first-order valence-corrected chi connectivity index (χ1v) is 9.05. The first-order chi connectivity index (χ1) is 13.5. The quantitative estimate of drug-likeness (QED) is 0.508. The molecule has 0 spiro atoms. The highest BCUT2D eigenvalue weighted by atomic mass is 17.5. The normalized spacial score (nSPS) is 11.1. The van der Waals surface area contributed by atoms with Gasteiger partial charge in [-0.2, -0.15) is 9.78 Å². The molecule has 0 heterocycles. The third-order valence-electron chi connectivity index (χ3n) is 2.78. The molecule has 0 bridgehead atoms. The molecule has 0 aliphatic carbocycles. The maximum atomic E-state index is 11.3. The molecule has 0 atom stereocenters. The van der Waals surface area contributed by atoms with Crippen LogP contribution in [0, 0.1) is 0 Å². The van der Waals surface area contributed by atoms with Crippen molar-refractivity contribution in [3.8, 4) is 0 Å². The summed E-state index contributed by atoms with van der Waals surface area (Å²) in [5.74, 6) is -1.06. The molecule has 2 aromatic carbocycles. The van der Waals surface area contributed by atoms with Crippen molar-refractivity contribution < 1.29 is 34.2 Å². The van der Waals surface area contributed by atoms with E-state index in [2.05, 4.69) is 14.8 Å². The first kappa shape index (κ1) is 24.3. The Morgan fingerprint density at radius 3 is 1.34 bits per heavy atom. The van der Waals surface area contributed by atoms with Gasteiger partial charge in [0, 0.05) is 0 Å². The summed E-state index contributed by atoms with van der Waals surface area (Å²) in [6.07, 6.45) is 0. The van der Waals surface area contributed by atoms with Gasteiger partial charge >= 0.3 is 11.9 Å². The van der Waals surface area contributed by atoms with Crippen molar-refractivity contribution in [3.05, 3.63) is 71.8 Å². The van der Waals surface area contributed by atoms with Gasteiger partial charge in [-0.05, 0) is 70.8 Å². The molecule has 0 fully saturated rings. The Labute approximate surface area is 171 Å². The molecule has 0 N–H and O–H groups in total. The predicted molar refractivity (Wildman–Crippen MR) is 106 cm³/mol. The van der Waals surface area contributed by atoms with E-state index < -0.39 is 23.1 Å². The topological polar surface area (TPSA) is 80.3 Å². The van der Waals surface area contributed by atoms with Gasteiger partial charge in [0.15, 0.2) is 0 Å². The molecule has 0 amide bonds. The van der Waals surface area contributed by atoms with Gasteiger partial charge in [-0.15, -0.1) is 0 Å². The van der Waals surface area contributed by atoms with E-state index in [1.807, 2.05) is 32.9 Å². The molecular formula is C22H28O7. The maximum absolute atomic E-state index is 11.3. The molecule has 0 saturated heterocycles. The van der Waals surface area contributed by atoms with E-state index in [-0.39, 0.29) is 0 Å². The molecule has 158 valence electrons. The molecule has 7 heteroatoms. The number of rotatable bonds is 5. The van der Waals surface area contributed by atoms with Crippen LogP contribution >= 0.6 is 0 Å². The van der Waals surface area contributed by atoms with Gasteiger partial charge < -0.3 is 0 Å². The second-order valence-corrected chi connectivity index (χ2v) is 7.93. The Morgan fingerprint density at radius 2 is 0.966 bits per heavy atom. The molecule has 0 saturated carbocycles. The average molecular weight is 404 g/mol. The van der Waals surface area contributed by atoms with E-state index in [0.717, 1.165) is 0 Å². The predicted octanol–water partition coefficient (Wildman–Crippen LogP) is 5.08. The highest BCUT2D eigenvalue weighted by Gasteiger charge is 2.16. The highest BCUT2D eigenvalue weighted by molar-refractivity contribution is 5.89. The van der Waals surface area contributed by atoms with Gasteiger partial charge in [-0.25, -0.2) is 9.59 Å². The standard InChI is InChI=1S/C11H14O4.C11H14O3/c1-11(2,3)14-15-13-10(12)9-7-5-4-6-8-9;1-11(2,3)14-13-10(12)9-7-5-4-6-8-9/h4-8H,1-3H3;4-8H,1-3H3. The lowest BCUT2D eigenvalue weighted by Crippen LogP contribution is -2.21. The zero-order valence-corrected chi connectivity index (χ0v) is 17.6. The van der Waals surface area contributed by atoms with Gasteiger partial charge in [-0.3, -0.25) is 9.78 Å². The lowest BCUT2D eigenvalue weighted by atomic mass is 10.2.